The Bertz CT molecular complexity index is 1320. The molecule has 0 aliphatic heterocycles. The second-order valence-electron chi connectivity index (χ2n) is 8.67. The van der Waals surface area contributed by atoms with Crippen LogP contribution in [0.4, 0.5) is 10.1 Å². The van der Waals surface area contributed by atoms with Crippen LogP contribution >= 0.6 is 0 Å². The lowest BCUT2D eigenvalue weighted by atomic mass is 9.88. The molecular formula is C28H28FN3O3. The average molecular weight is 474 g/mol. The first-order valence-electron chi connectivity index (χ1n) is 11.8. The summed E-state index contributed by atoms with van der Waals surface area (Å²) in [5.41, 5.74) is 3.50. The third-order valence-corrected chi connectivity index (χ3v) is 6.19. The molecule has 0 spiro atoms. The summed E-state index contributed by atoms with van der Waals surface area (Å²) in [6, 6.07) is 20.9. The number of non-ortho nitro benzene ring substituents is 1. The van der Waals surface area contributed by atoms with Gasteiger partial charge in [-0.1, -0.05) is 55.8 Å². The van der Waals surface area contributed by atoms with Gasteiger partial charge in [0.1, 0.15) is 5.82 Å². The van der Waals surface area contributed by atoms with Crippen LogP contribution in [-0.4, -0.2) is 21.9 Å². The molecule has 0 saturated carbocycles. The number of nitrogens with one attached hydrogen (secondary N) is 1. The molecule has 0 radical (unpaired) electrons. The third kappa shape index (κ3) is 5.74. The van der Waals surface area contributed by atoms with Crippen molar-refractivity contribution in [3.8, 4) is 0 Å². The Morgan fingerprint density at radius 1 is 1.09 bits per heavy atom. The predicted molar refractivity (Wildman–Crippen MR) is 135 cm³/mol. The largest absolute Gasteiger partial charge is 0.356 e. The first kappa shape index (κ1) is 24.1. The number of carbonyl (C=O) groups excluding carboxylic acids is 1. The quantitative estimate of drug-likeness (QED) is 0.170. The fourth-order valence-electron chi connectivity index (χ4n) is 4.38. The molecule has 1 heterocycles. The van der Waals surface area contributed by atoms with Crippen molar-refractivity contribution in [1.82, 2.24) is 9.88 Å². The van der Waals surface area contributed by atoms with Gasteiger partial charge in [0.25, 0.3) is 5.69 Å². The van der Waals surface area contributed by atoms with Crippen molar-refractivity contribution in [3.63, 3.8) is 0 Å². The topological polar surface area (TPSA) is 77.2 Å². The summed E-state index contributed by atoms with van der Waals surface area (Å²) in [6.45, 7) is 3.22. The van der Waals surface area contributed by atoms with E-state index < -0.39 is 10.8 Å². The van der Waals surface area contributed by atoms with Crippen LogP contribution in [0.5, 0.6) is 0 Å². The van der Waals surface area contributed by atoms with Gasteiger partial charge < -0.3 is 9.88 Å². The second-order valence-corrected chi connectivity index (χ2v) is 8.67. The summed E-state index contributed by atoms with van der Waals surface area (Å²) in [4.78, 5) is 24.0. The molecule has 1 amide bonds. The summed E-state index contributed by atoms with van der Waals surface area (Å²) in [5, 5.41) is 15.2. The van der Waals surface area contributed by atoms with Gasteiger partial charge >= 0.3 is 0 Å². The van der Waals surface area contributed by atoms with Crippen molar-refractivity contribution in [3.05, 3.63) is 112 Å². The Balaban J connectivity index is 1.82. The number of nitrogens with zero attached hydrogens (tertiary/aromatic N) is 2. The van der Waals surface area contributed by atoms with Crippen LogP contribution in [0.2, 0.25) is 0 Å². The fourth-order valence-corrected chi connectivity index (χ4v) is 4.38. The molecule has 1 N–H and O–H groups in total. The van der Waals surface area contributed by atoms with Crippen LogP contribution in [0.3, 0.4) is 0 Å². The molecule has 4 rings (SSSR count). The number of aromatic nitrogens is 1. The molecule has 4 aromatic rings. The normalized spacial score (nSPS) is 11.9. The predicted octanol–water partition coefficient (Wildman–Crippen LogP) is 6.18. The summed E-state index contributed by atoms with van der Waals surface area (Å²) in [5.74, 6) is -0.858. The van der Waals surface area contributed by atoms with Gasteiger partial charge in [-0.05, 0) is 41.3 Å². The van der Waals surface area contributed by atoms with E-state index in [1.807, 2.05) is 36.5 Å². The van der Waals surface area contributed by atoms with Crippen molar-refractivity contribution < 1.29 is 14.1 Å². The third-order valence-electron chi connectivity index (χ3n) is 6.19. The number of hydrogen-bond acceptors (Lipinski definition) is 3. The van der Waals surface area contributed by atoms with Crippen LogP contribution in [0.1, 0.15) is 48.8 Å². The van der Waals surface area contributed by atoms with Crippen LogP contribution in [-0.2, 0) is 11.3 Å². The zero-order valence-corrected chi connectivity index (χ0v) is 19.6. The van der Waals surface area contributed by atoms with E-state index in [9.17, 15) is 19.3 Å². The number of halogens is 1. The molecule has 180 valence electrons. The molecule has 0 saturated heterocycles. The molecule has 0 aliphatic rings. The Kier molecular flexibility index (Phi) is 7.55. The van der Waals surface area contributed by atoms with Crippen LogP contribution in [0.15, 0.2) is 79.0 Å². The SMILES string of the molecule is CCCCNC(=O)C[C@H](c1ccc(F)cc1)c1cn(Cc2ccccc2)c2ccc([N+](=O)[O-])cc12. The lowest BCUT2D eigenvalue weighted by Gasteiger charge is -2.17. The van der Waals surface area contributed by atoms with E-state index in [4.69, 9.17) is 0 Å². The minimum absolute atomic E-state index is 0.0125. The van der Waals surface area contributed by atoms with Crippen LogP contribution in [0, 0.1) is 15.9 Å². The van der Waals surface area contributed by atoms with E-state index in [0.717, 1.165) is 35.0 Å². The smallest absolute Gasteiger partial charge is 0.270 e. The highest BCUT2D eigenvalue weighted by molar-refractivity contribution is 5.88. The van der Waals surface area contributed by atoms with Gasteiger partial charge in [0.2, 0.25) is 5.91 Å². The Morgan fingerprint density at radius 3 is 2.51 bits per heavy atom. The first-order valence-corrected chi connectivity index (χ1v) is 11.8. The monoisotopic (exact) mass is 473 g/mol. The molecule has 6 nitrogen and oxygen atoms in total. The van der Waals surface area contributed by atoms with E-state index >= 15 is 0 Å². The van der Waals surface area contributed by atoms with Gasteiger partial charge in [0.05, 0.1) is 4.92 Å². The van der Waals surface area contributed by atoms with E-state index in [1.54, 1.807) is 24.3 Å². The summed E-state index contributed by atoms with van der Waals surface area (Å²) in [6.07, 6.45) is 3.98. The minimum Gasteiger partial charge on any atom is -0.356 e. The zero-order chi connectivity index (χ0) is 24.8. The number of nitro groups is 1. The van der Waals surface area contributed by atoms with E-state index in [0.29, 0.717) is 18.5 Å². The minimum atomic E-state index is -0.415. The number of fused-ring (bicyclic) bond motifs is 1. The van der Waals surface area contributed by atoms with Gasteiger partial charge in [-0.2, -0.15) is 0 Å². The number of hydrogen-bond donors (Lipinski definition) is 1. The van der Waals surface area contributed by atoms with E-state index in [-0.39, 0.29) is 23.8 Å². The van der Waals surface area contributed by atoms with E-state index in [1.165, 1.54) is 18.2 Å². The fraction of sp³-hybridized carbons (Fsp3) is 0.250. The Morgan fingerprint density at radius 2 is 1.83 bits per heavy atom. The van der Waals surface area contributed by atoms with Crippen molar-refractivity contribution in [2.24, 2.45) is 0 Å². The highest BCUT2D eigenvalue weighted by Crippen LogP contribution is 2.36. The number of benzene rings is 3. The second kappa shape index (κ2) is 11.0. The van der Waals surface area contributed by atoms with Crippen molar-refractivity contribution in [2.75, 3.05) is 6.54 Å². The maximum atomic E-state index is 13.7. The average Bonchev–Trinajstić information content (AvgIpc) is 3.21. The molecule has 0 fully saturated rings. The molecule has 0 bridgehead atoms. The lowest BCUT2D eigenvalue weighted by Crippen LogP contribution is -2.26. The molecule has 1 aromatic heterocycles. The summed E-state index contributed by atoms with van der Waals surface area (Å²) < 4.78 is 15.8. The van der Waals surface area contributed by atoms with Gasteiger partial charge in [-0.3, -0.25) is 14.9 Å². The van der Waals surface area contributed by atoms with Crippen LogP contribution in [0.25, 0.3) is 10.9 Å². The highest BCUT2D eigenvalue weighted by atomic mass is 19.1. The van der Waals surface area contributed by atoms with Crippen molar-refractivity contribution in [2.45, 2.75) is 38.6 Å². The van der Waals surface area contributed by atoms with Crippen LogP contribution < -0.4 is 5.32 Å². The Labute approximate surface area is 203 Å². The number of rotatable bonds is 10. The lowest BCUT2D eigenvalue weighted by molar-refractivity contribution is -0.384. The molecule has 35 heavy (non-hydrogen) atoms. The molecule has 7 heteroatoms. The summed E-state index contributed by atoms with van der Waals surface area (Å²) >= 11 is 0. The Hall–Kier alpha value is -4.00. The first-order chi connectivity index (χ1) is 17.0. The standard InChI is InChI=1S/C28H28FN3O3/c1-2-3-15-30-28(33)17-24(21-9-11-22(29)12-10-21)26-19-31(18-20-7-5-4-6-8-20)27-14-13-23(32(34)35)16-25(26)27/h4-14,16,19,24H,2-3,15,17-18H2,1H3,(H,30,33)/t24-/m1/s1. The molecule has 3 aromatic carbocycles. The highest BCUT2D eigenvalue weighted by Gasteiger charge is 2.24. The van der Waals surface area contributed by atoms with Gasteiger partial charge in [-0.25, -0.2) is 4.39 Å². The summed E-state index contributed by atoms with van der Waals surface area (Å²) in [7, 11) is 0. The van der Waals surface area contributed by atoms with Crippen molar-refractivity contribution >= 4 is 22.5 Å². The van der Waals surface area contributed by atoms with E-state index in [2.05, 4.69) is 16.8 Å². The van der Waals surface area contributed by atoms with Crippen molar-refractivity contribution in [1.29, 1.82) is 0 Å². The molecule has 1 atom stereocenters. The zero-order valence-electron chi connectivity index (χ0n) is 19.6. The number of nitro benzene ring substituents is 1. The molecule has 0 aliphatic carbocycles. The maximum Gasteiger partial charge on any atom is 0.270 e. The number of unbranched alkanes of at least 4 members (excludes halogenated alkanes) is 1. The van der Waals surface area contributed by atoms with Gasteiger partial charge in [-0.15, -0.1) is 0 Å². The number of amides is 1. The number of carbonyl (C=O) groups is 1. The van der Waals surface area contributed by atoms with Gasteiger partial charge in [0.15, 0.2) is 0 Å². The maximum absolute atomic E-state index is 13.7. The van der Waals surface area contributed by atoms with Gasteiger partial charge in [0, 0.05) is 54.7 Å². The molecule has 0 unspecified atom stereocenters. The molecular weight excluding hydrogens is 445 g/mol.